The van der Waals surface area contributed by atoms with Crippen LogP contribution in [-0.2, 0) is 19.1 Å². The Kier molecular flexibility index (Phi) is 5.49. The molecule has 0 radical (unpaired) electrons. The first kappa shape index (κ1) is 24.5. The lowest BCUT2D eigenvalue weighted by Crippen LogP contribution is -2.71. The van der Waals surface area contributed by atoms with E-state index in [0.29, 0.717) is 0 Å². The third-order valence-corrected chi connectivity index (χ3v) is 9.33. The highest BCUT2D eigenvalue weighted by atomic mass is 35.5. The summed E-state index contributed by atoms with van der Waals surface area (Å²) in [4.78, 5) is 37.1. The van der Waals surface area contributed by atoms with Crippen molar-refractivity contribution in [3.05, 3.63) is 23.6 Å². The van der Waals surface area contributed by atoms with Gasteiger partial charge < -0.3 is 9.84 Å². The molecule has 0 aromatic heterocycles. The Labute approximate surface area is 195 Å². The highest BCUT2D eigenvalue weighted by Gasteiger charge is 2.78. The molecule has 182 valence electrons. The van der Waals surface area contributed by atoms with Crippen LogP contribution in [0.15, 0.2) is 23.6 Å². The molecule has 9 atom stereocenters. The lowest BCUT2D eigenvalue weighted by molar-refractivity contribution is -0.230. The Morgan fingerprint density at radius 2 is 1.91 bits per heavy atom. The lowest BCUT2D eigenvalue weighted by Gasteiger charge is -2.63. The monoisotopic (exact) mass is 488 g/mol. The first-order valence-electron chi connectivity index (χ1n) is 11.2. The van der Waals surface area contributed by atoms with Gasteiger partial charge in [0.1, 0.15) is 6.17 Å². The van der Waals surface area contributed by atoms with Gasteiger partial charge in [-0.3, -0.25) is 14.4 Å². The molecule has 0 aliphatic heterocycles. The lowest BCUT2D eigenvalue weighted by atomic mass is 9.44. The second kappa shape index (κ2) is 7.41. The number of halogens is 4. The molecule has 9 heteroatoms. The topological polar surface area (TPSA) is 80.7 Å². The standard InChI is InChI=1S/C24H28ClF3O5/c1-11-7-13-14-8-15(26)19-20(27)16(30)5-6-21(19,3)23(14,28)17(31)9-22(13,4)24(11,18(32)10-25)33-12(2)29/h5-6,11,13-15,17,31H,7-10H2,1-4H3/t11-,13+,14+,15+,17+,21+,22+,23+,24-/m1/s1. The summed E-state index contributed by atoms with van der Waals surface area (Å²) >= 11 is 5.90. The summed E-state index contributed by atoms with van der Waals surface area (Å²) in [5.41, 5.74) is -7.90. The van der Waals surface area contributed by atoms with Gasteiger partial charge in [-0.2, -0.15) is 0 Å². The van der Waals surface area contributed by atoms with Crippen molar-refractivity contribution in [2.75, 3.05) is 5.88 Å². The zero-order valence-electron chi connectivity index (χ0n) is 19.0. The van der Waals surface area contributed by atoms with Crippen molar-refractivity contribution in [2.24, 2.45) is 28.6 Å². The van der Waals surface area contributed by atoms with Crippen LogP contribution >= 0.6 is 11.6 Å². The van der Waals surface area contributed by atoms with Crippen molar-refractivity contribution in [1.29, 1.82) is 0 Å². The third-order valence-electron chi connectivity index (χ3n) is 9.09. The summed E-state index contributed by atoms with van der Waals surface area (Å²) in [7, 11) is 0. The molecule has 0 bridgehead atoms. The molecular weight excluding hydrogens is 461 g/mol. The Morgan fingerprint density at radius 1 is 1.27 bits per heavy atom. The zero-order chi connectivity index (χ0) is 24.7. The quantitative estimate of drug-likeness (QED) is 0.480. The number of hydrogen-bond acceptors (Lipinski definition) is 5. The number of rotatable bonds is 3. The van der Waals surface area contributed by atoms with Crippen LogP contribution in [0.5, 0.6) is 0 Å². The van der Waals surface area contributed by atoms with Gasteiger partial charge in [-0.1, -0.05) is 19.9 Å². The van der Waals surface area contributed by atoms with E-state index in [1.165, 1.54) is 6.92 Å². The van der Waals surface area contributed by atoms with E-state index in [0.717, 1.165) is 19.1 Å². The highest BCUT2D eigenvalue weighted by Crippen LogP contribution is 2.72. The van der Waals surface area contributed by atoms with E-state index in [4.69, 9.17) is 16.3 Å². The van der Waals surface area contributed by atoms with Crippen LogP contribution in [0, 0.1) is 28.6 Å². The summed E-state index contributed by atoms with van der Waals surface area (Å²) in [6.45, 7) is 5.81. The number of fused-ring (bicyclic) bond motifs is 5. The van der Waals surface area contributed by atoms with Gasteiger partial charge >= 0.3 is 5.97 Å². The normalized spacial score (nSPS) is 48.8. The first-order valence-corrected chi connectivity index (χ1v) is 11.7. The maximum atomic E-state index is 17.1. The van der Waals surface area contributed by atoms with Crippen molar-refractivity contribution < 1.29 is 37.4 Å². The Morgan fingerprint density at radius 3 is 2.48 bits per heavy atom. The molecule has 4 aliphatic rings. The fraction of sp³-hybridized carbons (Fsp3) is 0.708. The van der Waals surface area contributed by atoms with Gasteiger partial charge in [0, 0.05) is 35.2 Å². The molecule has 0 aromatic carbocycles. The van der Waals surface area contributed by atoms with E-state index >= 15 is 8.78 Å². The highest BCUT2D eigenvalue weighted by molar-refractivity contribution is 6.29. The molecule has 4 aliphatic carbocycles. The van der Waals surface area contributed by atoms with Crippen LogP contribution in [0.25, 0.3) is 0 Å². The number of aliphatic hydroxyl groups excluding tert-OH is 1. The number of allylic oxidation sites excluding steroid dienone is 4. The minimum absolute atomic E-state index is 0.225. The van der Waals surface area contributed by atoms with Gasteiger partial charge in [0.25, 0.3) is 0 Å². The number of carbonyl (C=O) groups excluding carboxylic acids is 3. The second-order valence-electron chi connectivity index (χ2n) is 10.5. The van der Waals surface area contributed by atoms with E-state index in [2.05, 4.69) is 0 Å². The van der Waals surface area contributed by atoms with Crippen LogP contribution in [-0.4, -0.2) is 52.1 Å². The molecule has 0 heterocycles. The van der Waals surface area contributed by atoms with Crippen molar-refractivity contribution >= 4 is 29.1 Å². The second-order valence-corrected chi connectivity index (χ2v) is 10.7. The van der Waals surface area contributed by atoms with Crippen LogP contribution in [0.4, 0.5) is 13.2 Å². The van der Waals surface area contributed by atoms with Gasteiger partial charge in [-0.25, -0.2) is 13.2 Å². The van der Waals surface area contributed by atoms with E-state index in [1.54, 1.807) is 13.8 Å². The molecule has 33 heavy (non-hydrogen) atoms. The predicted molar refractivity (Wildman–Crippen MR) is 113 cm³/mol. The summed E-state index contributed by atoms with van der Waals surface area (Å²) < 4.78 is 53.0. The van der Waals surface area contributed by atoms with Crippen molar-refractivity contribution in [2.45, 2.75) is 70.5 Å². The van der Waals surface area contributed by atoms with Gasteiger partial charge in [0.05, 0.1) is 12.0 Å². The number of esters is 1. The van der Waals surface area contributed by atoms with E-state index < -0.39 is 93.4 Å². The summed E-state index contributed by atoms with van der Waals surface area (Å²) in [5, 5.41) is 11.3. The molecule has 3 saturated carbocycles. The van der Waals surface area contributed by atoms with E-state index in [9.17, 15) is 23.9 Å². The molecule has 5 nitrogen and oxygen atoms in total. The SMILES string of the molecule is CC(=O)O[C@@]1(C(=O)CCl)[C@H](C)C[C@H]2[C@@H]3C[C@H](F)C4=C(F)C(=O)C=C[C@]4(C)[C@@]3(F)[C@@H](O)C[C@@]21C. The Hall–Kier alpha value is -1.67. The van der Waals surface area contributed by atoms with Gasteiger partial charge in [-0.05, 0) is 38.2 Å². The molecular formula is C24H28ClF3O5. The molecule has 1 N–H and O–H groups in total. The van der Waals surface area contributed by atoms with Crippen LogP contribution in [0.3, 0.4) is 0 Å². The summed E-state index contributed by atoms with van der Waals surface area (Å²) in [6.07, 6.45) is -2.19. The Bertz CT molecular complexity index is 997. The molecule has 0 saturated heterocycles. The van der Waals surface area contributed by atoms with E-state index in [1.807, 2.05) is 0 Å². The minimum Gasteiger partial charge on any atom is -0.450 e. The number of alkyl halides is 3. The van der Waals surface area contributed by atoms with Crippen molar-refractivity contribution in [1.82, 2.24) is 0 Å². The summed E-state index contributed by atoms with van der Waals surface area (Å²) in [6, 6.07) is 0. The number of aliphatic hydroxyl groups is 1. The molecule has 0 aromatic rings. The molecule has 3 fully saturated rings. The number of Topliss-reactive ketones (excluding diaryl/α,β-unsaturated/α-hetero) is 1. The van der Waals surface area contributed by atoms with Crippen LogP contribution < -0.4 is 0 Å². The predicted octanol–water partition coefficient (Wildman–Crippen LogP) is 3.96. The largest absolute Gasteiger partial charge is 0.450 e. The van der Waals surface area contributed by atoms with Crippen molar-refractivity contribution in [3.8, 4) is 0 Å². The van der Waals surface area contributed by atoms with E-state index in [-0.39, 0.29) is 12.8 Å². The molecule has 0 amide bonds. The molecule has 0 unspecified atom stereocenters. The fourth-order valence-electron chi connectivity index (χ4n) is 7.81. The first-order chi connectivity index (χ1) is 15.2. The maximum Gasteiger partial charge on any atom is 0.303 e. The third kappa shape index (κ3) is 2.74. The van der Waals surface area contributed by atoms with Crippen molar-refractivity contribution in [3.63, 3.8) is 0 Å². The number of hydrogen-bond donors (Lipinski definition) is 1. The maximum absolute atomic E-state index is 17.1. The summed E-state index contributed by atoms with van der Waals surface area (Å²) in [5.74, 6) is -6.43. The van der Waals surface area contributed by atoms with Gasteiger partial charge in [0.15, 0.2) is 22.9 Å². The van der Waals surface area contributed by atoms with Gasteiger partial charge in [-0.15, -0.1) is 11.6 Å². The average molecular weight is 489 g/mol. The molecule has 0 spiro atoms. The van der Waals surface area contributed by atoms with Crippen LogP contribution in [0.2, 0.25) is 0 Å². The number of carbonyl (C=O) groups is 3. The zero-order valence-corrected chi connectivity index (χ0v) is 19.7. The minimum atomic E-state index is -2.50. The fourth-order valence-corrected chi connectivity index (χ4v) is 8.01. The Balaban J connectivity index is 1.91. The number of ketones is 2. The van der Waals surface area contributed by atoms with Gasteiger partial charge in [0.2, 0.25) is 5.78 Å². The smallest absolute Gasteiger partial charge is 0.303 e. The molecule has 4 rings (SSSR count). The number of ether oxygens (including phenoxy) is 1. The van der Waals surface area contributed by atoms with Crippen LogP contribution in [0.1, 0.15) is 47.0 Å². The average Bonchev–Trinajstić information content (AvgIpc) is 2.94.